The van der Waals surface area contributed by atoms with Gasteiger partial charge in [0.1, 0.15) is 0 Å². The lowest BCUT2D eigenvalue weighted by molar-refractivity contribution is -0.136. The Balaban J connectivity index is 1.75. The molecule has 0 unspecified atom stereocenters. The number of hydrogen-bond acceptors (Lipinski definition) is 3. The van der Waals surface area contributed by atoms with Crippen LogP contribution in [-0.4, -0.2) is 48.6 Å². The summed E-state index contributed by atoms with van der Waals surface area (Å²) in [6, 6.07) is 0.107. The summed E-state index contributed by atoms with van der Waals surface area (Å²) in [6.07, 6.45) is 7.04. The van der Waals surface area contributed by atoms with E-state index in [0.717, 1.165) is 38.5 Å². The minimum absolute atomic E-state index is 0.0878. The van der Waals surface area contributed by atoms with Gasteiger partial charge in [-0.2, -0.15) is 0 Å². The maximum absolute atomic E-state index is 12.4. The van der Waals surface area contributed by atoms with E-state index in [9.17, 15) is 9.59 Å². The summed E-state index contributed by atoms with van der Waals surface area (Å²) in [4.78, 5) is 25.8. The van der Waals surface area contributed by atoms with Gasteiger partial charge in [-0.25, -0.2) is 4.79 Å². The molecule has 2 aliphatic rings. The Morgan fingerprint density at radius 3 is 2.32 bits per heavy atom. The first-order valence-electron chi connectivity index (χ1n) is 8.59. The highest BCUT2D eigenvalue weighted by molar-refractivity contribution is 5.82. The van der Waals surface area contributed by atoms with Gasteiger partial charge in [0.25, 0.3) is 0 Å². The number of amides is 3. The van der Waals surface area contributed by atoms with Crippen LogP contribution < -0.4 is 16.4 Å². The van der Waals surface area contributed by atoms with Crippen molar-refractivity contribution >= 4 is 11.9 Å². The fourth-order valence-corrected chi connectivity index (χ4v) is 3.41. The zero-order chi connectivity index (χ0) is 16.1. The lowest BCUT2D eigenvalue weighted by Gasteiger charge is -2.38. The zero-order valence-electron chi connectivity index (χ0n) is 13.8. The van der Waals surface area contributed by atoms with Crippen molar-refractivity contribution in [3.63, 3.8) is 0 Å². The van der Waals surface area contributed by atoms with Crippen molar-refractivity contribution in [2.24, 2.45) is 11.7 Å². The molecule has 1 atom stereocenters. The molecule has 0 aliphatic heterocycles. The van der Waals surface area contributed by atoms with Gasteiger partial charge >= 0.3 is 6.03 Å². The molecule has 6 heteroatoms. The average molecular weight is 310 g/mol. The number of likely N-dealkylation sites (N-methyl/N-ethyl adjacent to an activating group) is 1. The van der Waals surface area contributed by atoms with Gasteiger partial charge in [-0.15, -0.1) is 0 Å². The van der Waals surface area contributed by atoms with Gasteiger partial charge in [0.15, 0.2) is 0 Å². The topological polar surface area (TPSA) is 87.5 Å². The molecule has 2 rings (SSSR count). The third kappa shape index (κ3) is 4.12. The van der Waals surface area contributed by atoms with E-state index < -0.39 is 6.04 Å². The Kier molecular flexibility index (Phi) is 6.06. The maximum Gasteiger partial charge on any atom is 0.314 e. The first-order valence-corrected chi connectivity index (χ1v) is 8.59. The Hall–Kier alpha value is -1.30. The fraction of sp³-hybridized carbons (Fsp3) is 0.875. The Labute approximate surface area is 133 Å². The third-order valence-corrected chi connectivity index (χ3v) is 5.21. The van der Waals surface area contributed by atoms with Crippen molar-refractivity contribution in [2.75, 3.05) is 13.6 Å². The molecule has 0 aromatic carbocycles. The molecule has 2 saturated carbocycles. The number of hydrogen-bond donors (Lipinski definition) is 3. The first kappa shape index (κ1) is 17.1. The Morgan fingerprint density at radius 1 is 1.18 bits per heavy atom. The van der Waals surface area contributed by atoms with E-state index in [-0.39, 0.29) is 23.9 Å². The van der Waals surface area contributed by atoms with E-state index in [1.165, 1.54) is 6.42 Å². The SMILES string of the molecule is CCNC(=O)NC1CCC([C@H](N)C(=O)N(C)C2CCC2)CC1. The predicted molar refractivity (Wildman–Crippen MR) is 86.3 cm³/mol. The van der Waals surface area contributed by atoms with E-state index in [4.69, 9.17) is 5.73 Å². The van der Waals surface area contributed by atoms with Crippen LogP contribution in [0.3, 0.4) is 0 Å². The molecule has 0 saturated heterocycles. The molecule has 0 aromatic rings. The summed E-state index contributed by atoms with van der Waals surface area (Å²) in [6.45, 7) is 2.54. The number of nitrogens with zero attached hydrogens (tertiary/aromatic N) is 1. The number of nitrogens with two attached hydrogens (primary N) is 1. The molecule has 6 nitrogen and oxygen atoms in total. The van der Waals surface area contributed by atoms with Crippen molar-refractivity contribution in [2.45, 2.75) is 70.0 Å². The number of carbonyl (C=O) groups is 2. The Morgan fingerprint density at radius 2 is 1.82 bits per heavy atom. The number of carbonyl (C=O) groups excluding carboxylic acids is 2. The minimum Gasteiger partial charge on any atom is -0.341 e. The summed E-state index contributed by atoms with van der Waals surface area (Å²) in [5, 5.41) is 5.73. The van der Waals surface area contributed by atoms with Crippen LogP contribution in [0.25, 0.3) is 0 Å². The van der Waals surface area contributed by atoms with Crippen LogP contribution in [0.15, 0.2) is 0 Å². The smallest absolute Gasteiger partial charge is 0.314 e. The van der Waals surface area contributed by atoms with E-state index >= 15 is 0 Å². The number of urea groups is 1. The van der Waals surface area contributed by atoms with Crippen molar-refractivity contribution in [3.8, 4) is 0 Å². The predicted octanol–water partition coefficient (Wildman–Crippen LogP) is 1.20. The summed E-state index contributed by atoms with van der Waals surface area (Å²) < 4.78 is 0. The average Bonchev–Trinajstić information content (AvgIpc) is 2.45. The number of nitrogens with one attached hydrogen (secondary N) is 2. The van der Waals surface area contributed by atoms with Gasteiger partial charge < -0.3 is 21.3 Å². The lowest BCUT2D eigenvalue weighted by Crippen LogP contribution is -2.53. The highest BCUT2D eigenvalue weighted by Gasteiger charge is 2.34. The van der Waals surface area contributed by atoms with Crippen molar-refractivity contribution in [3.05, 3.63) is 0 Å². The van der Waals surface area contributed by atoms with Gasteiger partial charge in [0.05, 0.1) is 6.04 Å². The van der Waals surface area contributed by atoms with Crippen molar-refractivity contribution < 1.29 is 9.59 Å². The molecule has 22 heavy (non-hydrogen) atoms. The van der Waals surface area contributed by atoms with Crippen LogP contribution in [0.2, 0.25) is 0 Å². The summed E-state index contributed by atoms with van der Waals surface area (Å²) in [7, 11) is 1.88. The normalized spacial score (nSPS) is 26.7. The van der Waals surface area contributed by atoms with Gasteiger partial charge in [-0.1, -0.05) is 0 Å². The molecule has 4 N–H and O–H groups in total. The van der Waals surface area contributed by atoms with E-state index in [1.807, 2.05) is 18.9 Å². The molecule has 126 valence electrons. The molecule has 3 amide bonds. The zero-order valence-corrected chi connectivity index (χ0v) is 13.8. The largest absolute Gasteiger partial charge is 0.341 e. The second-order valence-electron chi connectivity index (χ2n) is 6.68. The van der Waals surface area contributed by atoms with Crippen LogP contribution in [0.5, 0.6) is 0 Å². The maximum atomic E-state index is 12.4. The van der Waals surface area contributed by atoms with E-state index in [0.29, 0.717) is 12.6 Å². The van der Waals surface area contributed by atoms with Crippen molar-refractivity contribution in [1.29, 1.82) is 0 Å². The molecule has 0 spiro atoms. The Bertz CT molecular complexity index is 390. The highest BCUT2D eigenvalue weighted by Crippen LogP contribution is 2.29. The van der Waals surface area contributed by atoms with Gasteiger partial charge in [-0.05, 0) is 57.8 Å². The molecule has 2 aliphatic carbocycles. The van der Waals surface area contributed by atoms with Crippen LogP contribution >= 0.6 is 0 Å². The molecular formula is C16H30N4O2. The second kappa shape index (κ2) is 7.81. The van der Waals surface area contributed by atoms with Crippen LogP contribution in [0, 0.1) is 5.92 Å². The molecule has 0 aromatic heterocycles. The first-order chi connectivity index (χ1) is 10.5. The quantitative estimate of drug-likeness (QED) is 0.713. The van der Waals surface area contributed by atoms with Crippen molar-refractivity contribution in [1.82, 2.24) is 15.5 Å². The minimum atomic E-state index is -0.393. The lowest BCUT2D eigenvalue weighted by atomic mass is 9.81. The van der Waals surface area contributed by atoms with Crippen LogP contribution in [0.4, 0.5) is 4.79 Å². The second-order valence-corrected chi connectivity index (χ2v) is 6.68. The highest BCUT2D eigenvalue weighted by atomic mass is 16.2. The van der Waals surface area contributed by atoms with Gasteiger partial charge in [0.2, 0.25) is 5.91 Å². The molecule has 0 bridgehead atoms. The van der Waals surface area contributed by atoms with Crippen LogP contribution in [-0.2, 0) is 4.79 Å². The third-order valence-electron chi connectivity index (χ3n) is 5.21. The van der Waals surface area contributed by atoms with Crippen LogP contribution in [0.1, 0.15) is 51.9 Å². The van der Waals surface area contributed by atoms with Gasteiger partial charge in [0, 0.05) is 25.7 Å². The molecule has 2 fully saturated rings. The fourth-order valence-electron chi connectivity index (χ4n) is 3.41. The van der Waals surface area contributed by atoms with E-state index in [2.05, 4.69) is 10.6 Å². The molecular weight excluding hydrogens is 280 g/mol. The molecule has 0 heterocycles. The number of rotatable bonds is 5. The molecule has 0 radical (unpaired) electrons. The monoisotopic (exact) mass is 310 g/mol. The van der Waals surface area contributed by atoms with E-state index in [1.54, 1.807) is 0 Å². The summed E-state index contributed by atoms with van der Waals surface area (Å²) >= 11 is 0. The summed E-state index contributed by atoms with van der Waals surface area (Å²) in [5.74, 6) is 0.326. The van der Waals surface area contributed by atoms with Gasteiger partial charge in [-0.3, -0.25) is 4.79 Å². The standard InChI is InChI=1S/C16H30N4O2/c1-3-18-16(22)19-12-9-7-11(8-10-12)14(17)15(21)20(2)13-5-4-6-13/h11-14H,3-10,17H2,1-2H3,(H2,18,19,22)/t11?,12?,14-/m0/s1. The summed E-state index contributed by atoms with van der Waals surface area (Å²) in [5.41, 5.74) is 6.21.